The minimum atomic E-state index is -0.565. The third-order valence-electron chi connectivity index (χ3n) is 4.91. The maximum absolute atomic E-state index is 12.3. The predicted octanol–water partition coefficient (Wildman–Crippen LogP) is 1.80. The summed E-state index contributed by atoms with van der Waals surface area (Å²) >= 11 is 0. The van der Waals surface area contributed by atoms with Gasteiger partial charge in [0.05, 0.1) is 12.6 Å². The van der Waals surface area contributed by atoms with Crippen molar-refractivity contribution < 1.29 is 9.59 Å². The number of nitrogens with zero attached hydrogens (tertiary/aromatic N) is 1. The predicted molar refractivity (Wildman–Crippen MR) is 95.6 cm³/mol. The molecule has 0 aliphatic carbocycles. The van der Waals surface area contributed by atoms with Gasteiger partial charge < -0.3 is 16.0 Å². The Morgan fingerprint density at radius 1 is 1.25 bits per heavy atom. The monoisotopic (exact) mass is 331 g/mol. The second-order valence-electron chi connectivity index (χ2n) is 7.00. The summed E-state index contributed by atoms with van der Waals surface area (Å²) in [7, 11) is 0. The van der Waals surface area contributed by atoms with Crippen LogP contribution in [0.5, 0.6) is 0 Å². The number of carbonyl (C=O) groups excluding carboxylic acids is 2. The highest BCUT2D eigenvalue weighted by atomic mass is 16.2. The Labute approximate surface area is 144 Å². The number of nitrogens with one attached hydrogen (secondary N) is 1. The molecule has 1 heterocycles. The molecule has 0 saturated carbocycles. The summed E-state index contributed by atoms with van der Waals surface area (Å²) in [6.45, 7) is 7.44. The standard InChI is InChI=1S/C19H29N3O2/c1-13(2)18(20)19(24)21-12-17(23)22-10-8-15(9-11-22)16-7-5-4-6-14(16)3/h4-7,13,15,18H,8-12,20H2,1-3H3,(H,21,24)/t18-/m0/s1. The number of carbonyl (C=O) groups is 2. The molecule has 0 aromatic heterocycles. The Hall–Kier alpha value is -1.88. The number of likely N-dealkylation sites (tertiary alicyclic amines) is 1. The van der Waals surface area contributed by atoms with E-state index in [1.165, 1.54) is 11.1 Å². The zero-order chi connectivity index (χ0) is 17.7. The van der Waals surface area contributed by atoms with Crippen molar-refractivity contribution in [3.05, 3.63) is 35.4 Å². The van der Waals surface area contributed by atoms with Crippen LogP contribution in [0, 0.1) is 12.8 Å². The number of hydrogen-bond acceptors (Lipinski definition) is 3. The molecule has 5 heteroatoms. The van der Waals surface area contributed by atoms with E-state index < -0.39 is 6.04 Å². The molecule has 2 rings (SSSR count). The van der Waals surface area contributed by atoms with E-state index in [-0.39, 0.29) is 24.3 Å². The highest BCUT2D eigenvalue weighted by molar-refractivity contribution is 5.87. The molecule has 1 fully saturated rings. The first-order chi connectivity index (χ1) is 11.4. The van der Waals surface area contributed by atoms with Crippen molar-refractivity contribution in [2.75, 3.05) is 19.6 Å². The number of rotatable bonds is 5. The summed E-state index contributed by atoms with van der Waals surface area (Å²) in [5, 5.41) is 2.66. The van der Waals surface area contributed by atoms with Gasteiger partial charge in [-0.3, -0.25) is 9.59 Å². The SMILES string of the molecule is Cc1ccccc1C1CCN(C(=O)CNC(=O)[C@@H](N)C(C)C)CC1. The Morgan fingerprint density at radius 2 is 1.88 bits per heavy atom. The molecule has 1 saturated heterocycles. The molecule has 24 heavy (non-hydrogen) atoms. The van der Waals surface area contributed by atoms with Gasteiger partial charge in [0.15, 0.2) is 0 Å². The Bertz CT molecular complexity index is 578. The molecule has 2 amide bonds. The lowest BCUT2D eigenvalue weighted by molar-refractivity contribution is -0.134. The molecule has 1 aromatic rings. The summed E-state index contributed by atoms with van der Waals surface area (Å²) in [4.78, 5) is 26.0. The van der Waals surface area contributed by atoms with Gasteiger partial charge in [-0.25, -0.2) is 0 Å². The molecule has 132 valence electrons. The Balaban J connectivity index is 1.81. The van der Waals surface area contributed by atoms with Crippen LogP contribution in [0.4, 0.5) is 0 Å². The van der Waals surface area contributed by atoms with Crippen LogP contribution in [0.3, 0.4) is 0 Å². The summed E-state index contributed by atoms with van der Waals surface area (Å²) < 4.78 is 0. The van der Waals surface area contributed by atoms with Crippen LogP contribution in [0.2, 0.25) is 0 Å². The van der Waals surface area contributed by atoms with Gasteiger partial charge in [0.2, 0.25) is 11.8 Å². The van der Waals surface area contributed by atoms with Crippen molar-refractivity contribution in [3.8, 4) is 0 Å². The highest BCUT2D eigenvalue weighted by Gasteiger charge is 2.25. The van der Waals surface area contributed by atoms with Gasteiger partial charge in [0.25, 0.3) is 0 Å². The molecule has 0 unspecified atom stereocenters. The topological polar surface area (TPSA) is 75.4 Å². The summed E-state index contributed by atoms with van der Waals surface area (Å²) in [5.41, 5.74) is 8.49. The van der Waals surface area contributed by atoms with E-state index in [0.29, 0.717) is 5.92 Å². The van der Waals surface area contributed by atoms with Crippen LogP contribution in [-0.4, -0.2) is 42.4 Å². The molecular weight excluding hydrogens is 302 g/mol. The summed E-state index contributed by atoms with van der Waals surface area (Å²) in [6.07, 6.45) is 1.94. The fourth-order valence-corrected chi connectivity index (χ4v) is 3.18. The van der Waals surface area contributed by atoms with Crippen LogP contribution >= 0.6 is 0 Å². The zero-order valence-corrected chi connectivity index (χ0v) is 14.9. The summed E-state index contributed by atoms with van der Waals surface area (Å²) in [6, 6.07) is 7.89. The zero-order valence-electron chi connectivity index (χ0n) is 14.9. The third kappa shape index (κ3) is 4.57. The van der Waals surface area contributed by atoms with Crippen LogP contribution in [0.1, 0.15) is 43.7 Å². The highest BCUT2D eigenvalue weighted by Crippen LogP contribution is 2.29. The second-order valence-corrected chi connectivity index (χ2v) is 7.00. The first-order valence-electron chi connectivity index (χ1n) is 8.76. The van der Waals surface area contributed by atoms with Gasteiger partial charge in [-0.05, 0) is 42.7 Å². The third-order valence-corrected chi connectivity index (χ3v) is 4.91. The minimum Gasteiger partial charge on any atom is -0.346 e. The number of piperidine rings is 1. The maximum Gasteiger partial charge on any atom is 0.241 e. The van der Waals surface area contributed by atoms with Crippen molar-refractivity contribution in [1.82, 2.24) is 10.2 Å². The quantitative estimate of drug-likeness (QED) is 0.864. The van der Waals surface area contributed by atoms with E-state index in [9.17, 15) is 9.59 Å². The van der Waals surface area contributed by atoms with Gasteiger partial charge >= 0.3 is 0 Å². The van der Waals surface area contributed by atoms with E-state index in [4.69, 9.17) is 5.73 Å². The minimum absolute atomic E-state index is 0.0254. The van der Waals surface area contributed by atoms with Crippen LogP contribution in [0.25, 0.3) is 0 Å². The molecule has 5 nitrogen and oxygen atoms in total. The van der Waals surface area contributed by atoms with Gasteiger partial charge in [0.1, 0.15) is 0 Å². The molecule has 3 N–H and O–H groups in total. The molecule has 0 spiro atoms. The number of hydrogen-bond donors (Lipinski definition) is 2. The first kappa shape index (κ1) is 18.5. The van der Waals surface area contributed by atoms with E-state index >= 15 is 0 Å². The molecule has 1 aliphatic rings. The Morgan fingerprint density at radius 3 is 2.46 bits per heavy atom. The number of aryl methyl sites for hydroxylation is 1. The van der Waals surface area contributed by atoms with Crippen molar-refractivity contribution in [2.45, 2.75) is 45.6 Å². The smallest absolute Gasteiger partial charge is 0.241 e. The van der Waals surface area contributed by atoms with Crippen molar-refractivity contribution in [1.29, 1.82) is 0 Å². The largest absolute Gasteiger partial charge is 0.346 e. The maximum atomic E-state index is 12.3. The fraction of sp³-hybridized carbons (Fsp3) is 0.579. The van der Waals surface area contributed by atoms with Gasteiger partial charge in [-0.1, -0.05) is 38.1 Å². The molecule has 0 bridgehead atoms. The van der Waals surface area contributed by atoms with Crippen molar-refractivity contribution in [3.63, 3.8) is 0 Å². The lowest BCUT2D eigenvalue weighted by Gasteiger charge is -2.33. The molecule has 1 atom stereocenters. The number of benzene rings is 1. The van der Waals surface area contributed by atoms with Gasteiger partial charge in [0, 0.05) is 13.1 Å². The van der Waals surface area contributed by atoms with E-state index in [0.717, 1.165) is 25.9 Å². The van der Waals surface area contributed by atoms with E-state index in [1.54, 1.807) is 0 Å². The first-order valence-corrected chi connectivity index (χ1v) is 8.76. The molecular formula is C19H29N3O2. The molecule has 1 aromatic carbocycles. The normalized spacial score (nSPS) is 17.0. The van der Waals surface area contributed by atoms with E-state index in [1.807, 2.05) is 18.7 Å². The van der Waals surface area contributed by atoms with Gasteiger partial charge in [-0.2, -0.15) is 0 Å². The average Bonchev–Trinajstić information content (AvgIpc) is 2.59. The second kappa shape index (κ2) is 8.29. The fourth-order valence-electron chi connectivity index (χ4n) is 3.18. The summed E-state index contributed by atoms with van der Waals surface area (Å²) in [5.74, 6) is 0.292. The Kier molecular flexibility index (Phi) is 6.37. The van der Waals surface area contributed by atoms with Crippen molar-refractivity contribution in [2.24, 2.45) is 11.7 Å². The lowest BCUT2D eigenvalue weighted by Crippen LogP contribution is -2.49. The van der Waals surface area contributed by atoms with Gasteiger partial charge in [-0.15, -0.1) is 0 Å². The number of amides is 2. The van der Waals surface area contributed by atoms with E-state index in [2.05, 4.69) is 36.5 Å². The van der Waals surface area contributed by atoms with Crippen LogP contribution < -0.4 is 11.1 Å². The lowest BCUT2D eigenvalue weighted by atomic mass is 9.87. The van der Waals surface area contributed by atoms with Crippen LogP contribution in [0.15, 0.2) is 24.3 Å². The molecule has 0 radical (unpaired) electrons. The van der Waals surface area contributed by atoms with Crippen molar-refractivity contribution >= 4 is 11.8 Å². The number of nitrogens with two attached hydrogens (primary N) is 1. The average molecular weight is 331 g/mol. The van der Waals surface area contributed by atoms with Crippen LogP contribution in [-0.2, 0) is 9.59 Å². The molecule has 1 aliphatic heterocycles.